The van der Waals surface area contributed by atoms with Gasteiger partial charge in [-0.2, -0.15) is 0 Å². The van der Waals surface area contributed by atoms with E-state index >= 15 is 0 Å². The van der Waals surface area contributed by atoms with Gasteiger partial charge in [-0.05, 0) is 68.7 Å². The molecule has 116 valence electrons. The van der Waals surface area contributed by atoms with Crippen LogP contribution in [0.2, 0.25) is 0 Å². The van der Waals surface area contributed by atoms with Crippen LogP contribution in [0.3, 0.4) is 0 Å². The van der Waals surface area contributed by atoms with Crippen LogP contribution in [0.5, 0.6) is 0 Å². The first-order chi connectivity index (χ1) is 9.80. The summed E-state index contributed by atoms with van der Waals surface area (Å²) in [4.78, 5) is 2.90. The molecular weight excluding hydrogens is 244 g/mol. The van der Waals surface area contributed by atoms with Crippen LogP contribution in [-0.2, 0) is 0 Å². The first-order valence-electron chi connectivity index (χ1n) is 9.24. The molecule has 0 bridgehead atoms. The zero-order valence-corrected chi connectivity index (χ0v) is 13.4. The van der Waals surface area contributed by atoms with Crippen molar-refractivity contribution in [3.05, 3.63) is 0 Å². The summed E-state index contributed by atoms with van der Waals surface area (Å²) in [5, 5.41) is 0. The fourth-order valence-corrected chi connectivity index (χ4v) is 4.30. The normalized spacial score (nSPS) is 34.6. The highest BCUT2D eigenvalue weighted by atomic mass is 15.2. The summed E-state index contributed by atoms with van der Waals surface area (Å²) in [5.74, 6) is 3.81. The highest BCUT2D eigenvalue weighted by molar-refractivity contribution is 4.92. The summed E-state index contributed by atoms with van der Waals surface area (Å²) in [6, 6.07) is 0.812. The average molecular weight is 278 g/mol. The quantitative estimate of drug-likeness (QED) is 0.734. The van der Waals surface area contributed by atoms with Gasteiger partial charge in [-0.15, -0.1) is 0 Å². The molecule has 3 fully saturated rings. The van der Waals surface area contributed by atoms with Crippen LogP contribution in [0.15, 0.2) is 0 Å². The van der Waals surface area contributed by atoms with Gasteiger partial charge in [0.2, 0.25) is 0 Å². The molecule has 3 unspecified atom stereocenters. The van der Waals surface area contributed by atoms with Gasteiger partial charge >= 0.3 is 0 Å². The predicted octanol–water partition coefficient (Wildman–Crippen LogP) is 3.65. The summed E-state index contributed by atoms with van der Waals surface area (Å²) in [5.41, 5.74) is 6.12. The monoisotopic (exact) mass is 278 g/mol. The minimum atomic E-state index is 0.778. The van der Waals surface area contributed by atoms with E-state index in [2.05, 4.69) is 11.8 Å². The van der Waals surface area contributed by atoms with Crippen LogP contribution < -0.4 is 5.73 Å². The fraction of sp³-hybridized carbons (Fsp3) is 1.00. The Morgan fingerprint density at radius 2 is 1.50 bits per heavy atom. The van der Waals surface area contributed by atoms with Crippen molar-refractivity contribution in [2.75, 3.05) is 19.6 Å². The van der Waals surface area contributed by atoms with Gasteiger partial charge in [0.05, 0.1) is 0 Å². The molecule has 2 N–H and O–H groups in total. The molecule has 20 heavy (non-hydrogen) atoms. The number of nitrogens with zero attached hydrogens (tertiary/aromatic N) is 1. The van der Waals surface area contributed by atoms with Crippen LogP contribution in [0.1, 0.15) is 64.7 Å². The van der Waals surface area contributed by atoms with Crippen molar-refractivity contribution < 1.29 is 0 Å². The summed E-state index contributed by atoms with van der Waals surface area (Å²) in [6.45, 7) is 6.03. The predicted molar refractivity (Wildman–Crippen MR) is 85.6 cm³/mol. The SMILES string of the molecule is CCCC1CCC(CN)C(N(CC2CC2)CC2CC2)C1. The van der Waals surface area contributed by atoms with Gasteiger partial charge in [-0.1, -0.05) is 26.2 Å². The van der Waals surface area contributed by atoms with Crippen LogP contribution in [0.25, 0.3) is 0 Å². The average Bonchev–Trinajstić information content (AvgIpc) is 3.34. The van der Waals surface area contributed by atoms with Crippen LogP contribution in [0.4, 0.5) is 0 Å². The van der Waals surface area contributed by atoms with Crippen molar-refractivity contribution in [2.24, 2.45) is 29.4 Å². The van der Waals surface area contributed by atoms with Crippen molar-refractivity contribution in [3.8, 4) is 0 Å². The lowest BCUT2D eigenvalue weighted by Crippen LogP contribution is -2.48. The van der Waals surface area contributed by atoms with E-state index in [0.29, 0.717) is 0 Å². The first-order valence-corrected chi connectivity index (χ1v) is 9.24. The molecule has 3 aliphatic rings. The molecule has 0 radical (unpaired) electrons. The van der Waals surface area contributed by atoms with Gasteiger partial charge in [-0.3, -0.25) is 4.90 Å². The van der Waals surface area contributed by atoms with E-state index in [9.17, 15) is 0 Å². The zero-order chi connectivity index (χ0) is 13.9. The Balaban J connectivity index is 1.62. The van der Waals surface area contributed by atoms with Crippen molar-refractivity contribution in [1.29, 1.82) is 0 Å². The minimum Gasteiger partial charge on any atom is -0.330 e. The molecule has 0 heterocycles. The molecule has 0 aliphatic heterocycles. The summed E-state index contributed by atoms with van der Waals surface area (Å²) < 4.78 is 0. The highest BCUT2D eigenvalue weighted by Crippen LogP contribution is 2.40. The first kappa shape index (κ1) is 14.8. The third kappa shape index (κ3) is 3.98. The Labute approximate surface area is 125 Å². The smallest absolute Gasteiger partial charge is 0.0138 e. The molecular formula is C18H34N2. The lowest BCUT2D eigenvalue weighted by Gasteiger charge is -2.43. The van der Waals surface area contributed by atoms with E-state index in [4.69, 9.17) is 5.73 Å². The second-order valence-electron chi connectivity index (χ2n) is 7.87. The van der Waals surface area contributed by atoms with Crippen LogP contribution >= 0.6 is 0 Å². The van der Waals surface area contributed by atoms with Gasteiger partial charge in [0, 0.05) is 19.1 Å². The number of nitrogens with two attached hydrogens (primary N) is 1. The number of rotatable bonds is 8. The van der Waals surface area contributed by atoms with Gasteiger partial charge in [0.1, 0.15) is 0 Å². The van der Waals surface area contributed by atoms with Gasteiger partial charge < -0.3 is 5.73 Å². The Morgan fingerprint density at radius 1 is 0.900 bits per heavy atom. The number of hydrogen-bond acceptors (Lipinski definition) is 2. The molecule has 2 nitrogen and oxygen atoms in total. The van der Waals surface area contributed by atoms with E-state index in [1.165, 1.54) is 70.9 Å². The molecule has 3 aliphatic carbocycles. The van der Waals surface area contributed by atoms with Crippen molar-refractivity contribution in [2.45, 2.75) is 70.8 Å². The largest absolute Gasteiger partial charge is 0.330 e. The van der Waals surface area contributed by atoms with Gasteiger partial charge in [0.25, 0.3) is 0 Å². The van der Waals surface area contributed by atoms with Crippen molar-refractivity contribution in [3.63, 3.8) is 0 Å². The maximum absolute atomic E-state index is 6.12. The lowest BCUT2D eigenvalue weighted by atomic mass is 9.75. The molecule has 0 aromatic rings. The van der Waals surface area contributed by atoms with Crippen molar-refractivity contribution >= 4 is 0 Å². The van der Waals surface area contributed by atoms with E-state index in [0.717, 1.165) is 36.3 Å². The van der Waals surface area contributed by atoms with E-state index in [1.807, 2.05) is 0 Å². The molecule has 0 aromatic carbocycles. The Kier molecular flexibility index (Phi) is 5.04. The van der Waals surface area contributed by atoms with E-state index in [-0.39, 0.29) is 0 Å². The maximum atomic E-state index is 6.12. The van der Waals surface area contributed by atoms with Crippen LogP contribution in [-0.4, -0.2) is 30.6 Å². The molecule has 0 spiro atoms. The Bertz CT molecular complexity index is 282. The Morgan fingerprint density at radius 3 is 2.00 bits per heavy atom. The molecule has 2 heteroatoms. The van der Waals surface area contributed by atoms with E-state index in [1.54, 1.807) is 0 Å². The molecule has 3 saturated carbocycles. The third-order valence-corrected chi connectivity index (χ3v) is 5.91. The topological polar surface area (TPSA) is 29.3 Å². The van der Waals surface area contributed by atoms with E-state index < -0.39 is 0 Å². The zero-order valence-electron chi connectivity index (χ0n) is 13.4. The summed E-state index contributed by atoms with van der Waals surface area (Å²) >= 11 is 0. The second-order valence-corrected chi connectivity index (χ2v) is 7.87. The fourth-order valence-electron chi connectivity index (χ4n) is 4.30. The number of hydrogen-bond donors (Lipinski definition) is 1. The summed E-state index contributed by atoms with van der Waals surface area (Å²) in [6.07, 6.45) is 13.0. The van der Waals surface area contributed by atoms with Gasteiger partial charge in [0.15, 0.2) is 0 Å². The maximum Gasteiger partial charge on any atom is 0.0138 e. The molecule has 0 amide bonds. The molecule has 0 saturated heterocycles. The second kappa shape index (κ2) is 6.79. The minimum absolute atomic E-state index is 0.778. The summed E-state index contributed by atoms with van der Waals surface area (Å²) in [7, 11) is 0. The molecule has 3 rings (SSSR count). The van der Waals surface area contributed by atoms with Gasteiger partial charge in [-0.25, -0.2) is 0 Å². The van der Waals surface area contributed by atoms with Crippen LogP contribution in [0, 0.1) is 23.7 Å². The lowest BCUT2D eigenvalue weighted by molar-refractivity contribution is 0.0710. The molecule has 0 aromatic heterocycles. The highest BCUT2D eigenvalue weighted by Gasteiger charge is 2.38. The standard InChI is InChI=1S/C18H34N2/c1-2-3-14-8-9-17(11-19)18(10-14)20(12-15-4-5-15)13-16-6-7-16/h14-18H,2-13,19H2,1H3. The molecule has 3 atom stereocenters. The Hall–Kier alpha value is -0.0800. The van der Waals surface area contributed by atoms with Crippen molar-refractivity contribution in [1.82, 2.24) is 4.90 Å². The third-order valence-electron chi connectivity index (χ3n) is 5.91.